The third-order valence-corrected chi connectivity index (χ3v) is 4.82. The molecule has 0 saturated carbocycles. The molecule has 0 aromatic heterocycles. The highest BCUT2D eigenvalue weighted by molar-refractivity contribution is 5.73. The number of hydrogen-bond acceptors (Lipinski definition) is 5. The van der Waals surface area contributed by atoms with Crippen molar-refractivity contribution < 1.29 is 28.9 Å². The number of benzene rings is 3. The summed E-state index contributed by atoms with van der Waals surface area (Å²) in [5.74, 6) is -1.18. The van der Waals surface area contributed by atoms with Crippen LogP contribution in [-0.2, 0) is 38.8 Å². The van der Waals surface area contributed by atoms with Gasteiger partial charge >= 0.3 is 12.1 Å². The van der Waals surface area contributed by atoms with Crippen molar-refractivity contribution in [1.29, 1.82) is 0 Å². The number of alkyl carbamates (subject to hydrolysis) is 1. The van der Waals surface area contributed by atoms with Gasteiger partial charge in [0.15, 0.2) is 6.10 Å². The molecule has 0 saturated heterocycles. The standard InChI is InChI=1S/C26H27NO6/c28-25(29)24(32-18-21-12-6-2-7-13-21)23(31-17-20-10-4-1-5-11-20)16-27-26(30)33-19-22-14-8-3-9-15-22/h1-15,23-24H,16-19H2,(H,27,30)(H,28,29). The number of aliphatic carboxylic acids is 1. The molecule has 0 fully saturated rings. The van der Waals surface area contributed by atoms with Crippen LogP contribution in [0.5, 0.6) is 0 Å². The van der Waals surface area contributed by atoms with Crippen LogP contribution in [0, 0.1) is 0 Å². The van der Waals surface area contributed by atoms with Crippen molar-refractivity contribution in [2.45, 2.75) is 32.0 Å². The Kier molecular flexibility index (Phi) is 9.45. The Bertz CT molecular complexity index is 981. The van der Waals surface area contributed by atoms with E-state index in [2.05, 4.69) is 5.32 Å². The molecule has 3 aromatic rings. The normalized spacial score (nSPS) is 12.5. The highest BCUT2D eigenvalue weighted by Crippen LogP contribution is 2.12. The van der Waals surface area contributed by atoms with Crippen LogP contribution < -0.4 is 5.32 Å². The fraction of sp³-hybridized carbons (Fsp3) is 0.231. The lowest BCUT2D eigenvalue weighted by Crippen LogP contribution is -2.46. The lowest BCUT2D eigenvalue weighted by atomic mass is 10.1. The summed E-state index contributed by atoms with van der Waals surface area (Å²) >= 11 is 0. The second-order valence-electron chi connectivity index (χ2n) is 7.33. The summed E-state index contributed by atoms with van der Waals surface area (Å²) in [4.78, 5) is 24.2. The molecule has 3 rings (SSSR count). The molecule has 0 aliphatic heterocycles. The highest BCUT2D eigenvalue weighted by atomic mass is 16.6. The van der Waals surface area contributed by atoms with Gasteiger partial charge in [0.1, 0.15) is 12.7 Å². The number of ether oxygens (including phenoxy) is 3. The van der Waals surface area contributed by atoms with Crippen LogP contribution in [0.25, 0.3) is 0 Å². The average molecular weight is 450 g/mol. The van der Waals surface area contributed by atoms with Gasteiger partial charge in [-0.05, 0) is 16.7 Å². The van der Waals surface area contributed by atoms with Crippen LogP contribution in [0.2, 0.25) is 0 Å². The number of carboxylic acid groups (broad SMARTS) is 1. The molecule has 0 aliphatic carbocycles. The van der Waals surface area contributed by atoms with Gasteiger partial charge in [0, 0.05) is 0 Å². The minimum atomic E-state index is -1.29. The minimum absolute atomic E-state index is 0.0911. The van der Waals surface area contributed by atoms with E-state index in [1.807, 2.05) is 91.0 Å². The number of carboxylic acids is 1. The molecule has 2 atom stereocenters. The van der Waals surface area contributed by atoms with Crippen LogP contribution >= 0.6 is 0 Å². The van der Waals surface area contributed by atoms with Gasteiger partial charge in [-0.15, -0.1) is 0 Å². The number of carbonyl (C=O) groups is 2. The first-order chi connectivity index (χ1) is 16.1. The van der Waals surface area contributed by atoms with E-state index in [0.717, 1.165) is 16.7 Å². The van der Waals surface area contributed by atoms with Gasteiger partial charge in [0.2, 0.25) is 0 Å². The molecule has 33 heavy (non-hydrogen) atoms. The molecule has 0 radical (unpaired) electrons. The second kappa shape index (κ2) is 13.0. The van der Waals surface area contributed by atoms with Gasteiger partial charge in [-0.25, -0.2) is 9.59 Å². The molecule has 7 nitrogen and oxygen atoms in total. The Morgan fingerprint density at radius 1 is 0.697 bits per heavy atom. The Labute approximate surface area is 192 Å². The smallest absolute Gasteiger partial charge is 0.407 e. The molecular weight excluding hydrogens is 422 g/mol. The number of amides is 1. The second-order valence-corrected chi connectivity index (χ2v) is 7.33. The van der Waals surface area contributed by atoms with Crippen molar-refractivity contribution >= 4 is 12.1 Å². The summed E-state index contributed by atoms with van der Waals surface area (Å²) in [5, 5.41) is 12.4. The first-order valence-corrected chi connectivity index (χ1v) is 10.6. The topological polar surface area (TPSA) is 94.1 Å². The lowest BCUT2D eigenvalue weighted by molar-refractivity contribution is -0.164. The molecule has 0 aliphatic rings. The zero-order valence-electron chi connectivity index (χ0n) is 18.1. The van der Waals surface area contributed by atoms with Crippen LogP contribution in [0.15, 0.2) is 91.0 Å². The molecular formula is C26H27NO6. The average Bonchev–Trinajstić information content (AvgIpc) is 2.85. The zero-order chi connectivity index (χ0) is 23.3. The fourth-order valence-electron chi connectivity index (χ4n) is 3.09. The van der Waals surface area contributed by atoms with Gasteiger partial charge in [0.05, 0.1) is 19.8 Å². The number of carbonyl (C=O) groups excluding carboxylic acids is 1. The van der Waals surface area contributed by atoms with Crippen molar-refractivity contribution in [2.75, 3.05) is 6.54 Å². The van der Waals surface area contributed by atoms with E-state index in [1.165, 1.54) is 0 Å². The Hall–Kier alpha value is -3.68. The fourth-order valence-corrected chi connectivity index (χ4v) is 3.09. The van der Waals surface area contributed by atoms with Gasteiger partial charge in [-0.1, -0.05) is 91.0 Å². The third-order valence-electron chi connectivity index (χ3n) is 4.82. The minimum Gasteiger partial charge on any atom is -0.479 e. The van der Waals surface area contributed by atoms with E-state index in [-0.39, 0.29) is 26.4 Å². The first-order valence-electron chi connectivity index (χ1n) is 10.6. The number of nitrogens with one attached hydrogen (secondary N) is 1. The summed E-state index contributed by atoms with van der Waals surface area (Å²) in [6.07, 6.45) is -2.89. The lowest BCUT2D eigenvalue weighted by Gasteiger charge is -2.25. The maximum absolute atomic E-state index is 12.2. The summed E-state index contributed by atoms with van der Waals surface area (Å²) in [5.41, 5.74) is 2.56. The summed E-state index contributed by atoms with van der Waals surface area (Å²) in [6, 6.07) is 27.9. The quantitative estimate of drug-likeness (QED) is 0.431. The maximum Gasteiger partial charge on any atom is 0.407 e. The van der Waals surface area contributed by atoms with Crippen molar-refractivity contribution in [3.63, 3.8) is 0 Å². The molecule has 3 aromatic carbocycles. The van der Waals surface area contributed by atoms with E-state index in [0.29, 0.717) is 0 Å². The zero-order valence-corrected chi connectivity index (χ0v) is 18.1. The van der Waals surface area contributed by atoms with E-state index in [4.69, 9.17) is 14.2 Å². The van der Waals surface area contributed by atoms with E-state index in [1.54, 1.807) is 0 Å². The maximum atomic E-state index is 12.2. The van der Waals surface area contributed by atoms with Gasteiger partial charge in [0.25, 0.3) is 0 Å². The Balaban J connectivity index is 1.61. The summed E-state index contributed by atoms with van der Waals surface area (Å²) in [6.45, 7) is 0.285. The number of rotatable bonds is 12. The van der Waals surface area contributed by atoms with Crippen LogP contribution in [0.4, 0.5) is 4.79 Å². The van der Waals surface area contributed by atoms with Crippen molar-refractivity contribution in [2.24, 2.45) is 0 Å². The monoisotopic (exact) mass is 449 g/mol. The molecule has 7 heteroatoms. The predicted molar refractivity (Wildman–Crippen MR) is 122 cm³/mol. The van der Waals surface area contributed by atoms with Gasteiger partial charge in [-0.2, -0.15) is 0 Å². The van der Waals surface area contributed by atoms with E-state index < -0.39 is 24.3 Å². The Morgan fingerprint density at radius 2 is 1.15 bits per heavy atom. The van der Waals surface area contributed by atoms with E-state index >= 15 is 0 Å². The van der Waals surface area contributed by atoms with Crippen molar-refractivity contribution in [1.82, 2.24) is 5.32 Å². The molecule has 2 unspecified atom stereocenters. The van der Waals surface area contributed by atoms with Crippen molar-refractivity contribution in [3.05, 3.63) is 108 Å². The van der Waals surface area contributed by atoms with Crippen LogP contribution in [0.3, 0.4) is 0 Å². The molecule has 1 amide bonds. The van der Waals surface area contributed by atoms with Crippen LogP contribution in [0.1, 0.15) is 16.7 Å². The molecule has 0 heterocycles. The Morgan fingerprint density at radius 3 is 1.64 bits per heavy atom. The molecule has 172 valence electrons. The molecule has 0 bridgehead atoms. The summed E-state index contributed by atoms with van der Waals surface area (Å²) in [7, 11) is 0. The molecule has 0 spiro atoms. The SMILES string of the molecule is O=C(NCC(OCc1ccccc1)C(OCc1ccccc1)C(=O)O)OCc1ccccc1. The first kappa shape index (κ1) is 24.0. The van der Waals surface area contributed by atoms with Gasteiger partial charge in [-0.3, -0.25) is 0 Å². The van der Waals surface area contributed by atoms with E-state index in [9.17, 15) is 14.7 Å². The third kappa shape index (κ3) is 8.40. The largest absolute Gasteiger partial charge is 0.479 e. The predicted octanol–water partition coefficient (Wildman–Crippen LogP) is 4.17. The molecule has 2 N–H and O–H groups in total. The number of hydrogen-bond donors (Lipinski definition) is 2. The highest BCUT2D eigenvalue weighted by Gasteiger charge is 2.31. The summed E-state index contributed by atoms with van der Waals surface area (Å²) < 4.78 is 16.8. The van der Waals surface area contributed by atoms with Crippen molar-refractivity contribution in [3.8, 4) is 0 Å². The van der Waals surface area contributed by atoms with Gasteiger partial charge < -0.3 is 24.6 Å². The van der Waals surface area contributed by atoms with Crippen LogP contribution in [-0.4, -0.2) is 35.9 Å².